The van der Waals surface area contributed by atoms with Gasteiger partial charge in [0.05, 0.1) is 6.10 Å². The molecule has 0 amide bonds. The summed E-state index contributed by atoms with van der Waals surface area (Å²) in [5, 5.41) is 12.8. The van der Waals surface area contributed by atoms with E-state index in [9.17, 15) is 31.4 Å². The summed E-state index contributed by atoms with van der Waals surface area (Å²) in [4.78, 5) is 0. The van der Waals surface area contributed by atoms with E-state index in [-0.39, 0.29) is 12.8 Å². The lowest BCUT2D eigenvalue weighted by atomic mass is 9.79. The number of aliphatic hydroxyl groups excluding tert-OH is 1. The fraction of sp³-hybridized carbons (Fsp3) is 0.520. The van der Waals surface area contributed by atoms with Crippen molar-refractivity contribution in [3.8, 4) is 11.5 Å². The van der Waals surface area contributed by atoms with Gasteiger partial charge in [-0.05, 0) is 73.1 Å². The van der Waals surface area contributed by atoms with Crippen molar-refractivity contribution in [2.24, 2.45) is 5.92 Å². The molecule has 0 saturated heterocycles. The lowest BCUT2D eigenvalue weighted by molar-refractivity contribution is -0.346. The number of nitrogens with one attached hydrogen (secondary N) is 1. The highest BCUT2D eigenvalue weighted by molar-refractivity contribution is 6.31. The van der Waals surface area contributed by atoms with Crippen LogP contribution in [0.5, 0.6) is 11.5 Å². The van der Waals surface area contributed by atoms with E-state index in [1.165, 1.54) is 0 Å². The molecule has 1 aliphatic carbocycles. The number of rotatable bonds is 9. The molecule has 0 aliphatic heterocycles. The number of aryl methyl sites for hydroxylation is 1. The highest BCUT2D eigenvalue weighted by atomic mass is 35.5. The van der Waals surface area contributed by atoms with Crippen molar-refractivity contribution < 1.29 is 40.9 Å². The molecule has 2 aromatic carbocycles. The highest BCUT2D eigenvalue weighted by Crippen LogP contribution is 2.39. The maximum absolute atomic E-state index is 12.9. The molecule has 200 valence electrons. The molecular formula is C25H28ClF6NO3. The molecule has 2 N–H and O–H groups in total. The Hall–Kier alpha value is -2.01. The Bertz CT molecular complexity index is 1000. The van der Waals surface area contributed by atoms with Crippen molar-refractivity contribution in [1.82, 2.24) is 5.32 Å². The molecule has 2 aromatic rings. The predicted molar refractivity (Wildman–Crippen MR) is 123 cm³/mol. The van der Waals surface area contributed by atoms with Gasteiger partial charge >= 0.3 is 12.5 Å². The topological polar surface area (TPSA) is 50.7 Å². The summed E-state index contributed by atoms with van der Waals surface area (Å²) in [6, 6.07) is 11.0. The first-order valence-electron chi connectivity index (χ1n) is 11.6. The van der Waals surface area contributed by atoms with E-state index >= 15 is 0 Å². The quantitative estimate of drug-likeness (QED) is 0.327. The van der Waals surface area contributed by atoms with Crippen LogP contribution in [0.2, 0.25) is 5.02 Å². The van der Waals surface area contributed by atoms with E-state index in [4.69, 9.17) is 16.3 Å². The van der Waals surface area contributed by atoms with Crippen LogP contribution in [-0.2, 0) is 11.2 Å². The van der Waals surface area contributed by atoms with Crippen LogP contribution in [0.15, 0.2) is 42.5 Å². The second kappa shape index (κ2) is 12.0. The van der Waals surface area contributed by atoms with Gasteiger partial charge in [0, 0.05) is 17.6 Å². The zero-order chi connectivity index (χ0) is 26.5. The van der Waals surface area contributed by atoms with Gasteiger partial charge in [0.15, 0.2) is 6.10 Å². The Balaban J connectivity index is 1.84. The van der Waals surface area contributed by atoms with E-state index in [0.29, 0.717) is 41.3 Å². The van der Waals surface area contributed by atoms with Gasteiger partial charge in [-0.15, -0.1) is 13.2 Å². The van der Waals surface area contributed by atoms with Crippen molar-refractivity contribution in [2.75, 3.05) is 6.54 Å². The van der Waals surface area contributed by atoms with Crippen molar-refractivity contribution in [3.63, 3.8) is 0 Å². The van der Waals surface area contributed by atoms with E-state index in [1.54, 1.807) is 42.5 Å². The number of aliphatic hydroxyl groups is 1. The highest BCUT2D eigenvalue weighted by Gasteiger charge is 2.40. The molecule has 0 aromatic heterocycles. The molecule has 3 rings (SSSR count). The molecule has 0 bridgehead atoms. The third-order valence-electron chi connectivity index (χ3n) is 6.20. The first-order chi connectivity index (χ1) is 16.9. The summed E-state index contributed by atoms with van der Waals surface area (Å²) in [7, 11) is 0. The molecule has 4 atom stereocenters. The molecule has 36 heavy (non-hydrogen) atoms. The molecule has 1 saturated carbocycles. The molecule has 1 aliphatic rings. The molecule has 0 heterocycles. The van der Waals surface area contributed by atoms with Crippen LogP contribution in [0.1, 0.15) is 49.8 Å². The molecular weight excluding hydrogens is 512 g/mol. The van der Waals surface area contributed by atoms with Crippen molar-refractivity contribution in [2.45, 2.75) is 69.8 Å². The molecule has 4 nitrogen and oxygen atoms in total. The summed E-state index contributed by atoms with van der Waals surface area (Å²) in [6.07, 6.45) is -11.5. The number of hydrogen-bond acceptors (Lipinski definition) is 4. The van der Waals surface area contributed by atoms with E-state index in [0.717, 1.165) is 5.56 Å². The second-order valence-electron chi connectivity index (χ2n) is 8.84. The van der Waals surface area contributed by atoms with Gasteiger partial charge < -0.3 is 15.2 Å². The SMILES string of the molecule is CCc1cc(Oc2cccc(C(NCC(O)C(F)(F)F)C3CCCC(OC(F)(F)F)C3)c2)ccc1Cl. The average molecular weight is 540 g/mol. The van der Waals surface area contributed by atoms with Gasteiger partial charge in [-0.25, -0.2) is 0 Å². The third-order valence-corrected chi connectivity index (χ3v) is 6.57. The summed E-state index contributed by atoms with van der Waals surface area (Å²) >= 11 is 6.15. The van der Waals surface area contributed by atoms with Crippen LogP contribution in [0.25, 0.3) is 0 Å². The van der Waals surface area contributed by atoms with Gasteiger partial charge in [0.1, 0.15) is 11.5 Å². The third kappa shape index (κ3) is 8.26. The monoisotopic (exact) mass is 539 g/mol. The maximum atomic E-state index is 12.9. The minimum absolute atomic E-state index is 0.00141. The number of halogens is 7. The molecule has 11 heteroatoms. The largest absolute Gasteiger partial charge is 0.522 e. The van der Waals surface area contributed by atoms with Gasteiger partial charge in [-0.2, -0.15) is 13.2 Å². The zero-order valence-electron chi connectivity index (χ0n) is 19.5. The van der Waals surface area contributed by atoms with Gasteiger partial charge in [0.25, 0.3) is 0 Å². The number of alkyl halides is 6. The fourth-order valence-electron chi connectivity index (χ4n) is 4.48. The lowest BCUT2D eigenvalue weighted by Gasteiger charge is -2.36. The van der Waals surface area contributed by atoms with Crippen LogP contribution in [-0.4, -0.2) is 36.4 Å². The van der Waals surface area contributed by atoms with Gasteiger partial charge in [-0.1, -0.05) is 37.1 Å². The Kier molecular flexibility index (Phi) is 9.54. The Labute approximate surface area is 210 Å². The summed E-state index contributed by atoms with van der Waals surface area (Å²) in [5.74, 6) is 0.463. The summed E-state index contributed by atoms with van der Waals surface area (Å²) < 4.78 is 87.3. The first kappa shape index (κ1) is 28.6. The van der Waals surface area contributed by atoms with Crippen LogP contribution in [0.3, 0.4) is 0 Å². The van der Waals surface area contributed by atoms with Crippen molar-refractivity contribution in [3.05, 3.63) is 58.6 Å². The van der Waals surface area contributed by atoms with Crippen molar-refractivity contribution >= 4 is 11.6 Å². The Morgan fingerprint density at radius 2 is 1.78 bits per heavy atom. The van der Waals surface area contributed by atoms with E-state index < -0.39 is 43.3 Å². The van der Waals surface area contributed by atoms with Gasteiger partial charge in [-0.3, -0.25) is 4.74 Å². The van der Waals surface area contributed by atoms with Crippen molar-refractivity contribution in [1.29, 1.82) is 0 Å². The maximum Gasteiger partial charge on any atom is 0.522 e. The molecule has 1 fully saturated rings. The standard InChI is InChI=1S/C25H28ClF6NO3/c1-2-15-11-19(9-10-21(15)26)35-18-7-3-5-16(12-18)23(33-14-22(34)24(27,28)29)17-6-4-8-20(13-17)36-25(30,31)32/h3,5,7,9-12,17,20,22-23,33-34H,2,4,6,8,13-14H2,1H3. The molecule has 4 unspecified atom stereocenters. The fourth-order valence-corrected chi connectivity index (χ4v) is 4.74. The first-order valence-corrected chi connectivity index (χ1v) is 12.0. The van der Waals surface area contributed by atoms with Gasteiger partial charge in [0.2, 0.25) is 0 Å². The Morgan fingerprint density at radius 3 is 2.44 bits per heavy atom. The molecule has 0 radical (unpaired) electrons. The minimum Gasteiger partial charge on any atom is -0.457 e. The smallest absolute Gasteiger partial charge is 0.457 e. The second-order valence-corrected chi connectivity index (χ2v) is 9.24. The number of benzene rings is 2. The van der Waals surface area contributed by atoms with Crippen LogP contribution < -0.4 is 10.1 Å². The number of ether oxygens (including phenoxy) is 2. The van der Waals surface area contributed by atoms with E-state index in [1.807, 2.05) is 6.92 Å². The molecule has 0 spiro atoms. The normalized spacial score (nSPS) is 20.7. The van der Waals surface area contributed by atoms with E-state index in [2.05, 4.69) is 10.1 Å². The predicted octanol–water partition coefficient (Wildman–Crippen LogP) is 7.34. The van der Waals surface area contributed by atoms with Crippen LogP contribution in [0.4, 0.5) is 26.3 Å². The van der Waals surface area contributed by atoms with Crippen LogP contribution >= 0.6 is 11.6 Å². The summed E-state index contributed by atoms with van der Waals surface area (Å²) in [5.41, 5.74) is 1.41. The minimum atomic E-state index is -4.83. The lowest BCUT2D eigenvalue weighted by Crippen LogP contribution is -2.42. The average Bonchev–Trinajstić information content (AvgIpc) is 2.79. The number of hydrogen-bond donors (Lipinski definition) is 2. The Morgan fingerprint density at radius 1 is 1.06 bits per heavy atom. The zero-order valence-corrected chi connectivity index (χ0v) is 20.3. The summed E-state index contributed by atoms with van der Waals surface area (Å²) in [6.45, 7) is 1.13. The van der Waals surface area contributed by atoms with Crippen LogP contribution in [0, 0.1) is 5.92 Å².